The number of aliphatic hydroxyl groups excluding tert-OH is 13. The number of amides is 6. The Hall–Kier alpha value is -4.35. The van der Waals surface area contributed by atoms with Crippen LogP contribution in [0, 0.1) is 0 Å². The van der Waals surface area contributed by atoms with Crippen molar-refractivity contribution in [2.75, 3.05) is 52.7 Å². The van der Waals surface area contributed by atoms with E-state index < -0.39 is 216 Å². The third-order valence-corrected chi connectivity index (χ3v) is 13.0. The van der Waals surface area contributed by atoms with E-state index in [1.807, 2.05) is 0 Å². The molecule has 17 N–H and O–H groups in total. The first-order chi connectivity index (χ1) is 37.0. The van der Waals surface area contributed by atoms with Gasteiger partial charge in [0, 0.05) is 45.2 Å². The molecular weight excluding hydrogens is 1060 g/mol. The first-order valence-electron chi connectivity index (χ1n) is 25.0. The van der Waals surface area contributed by atoms with Crippen molar-refractivity contribution in [3.8, 4) is 0 Å². The average Bonchev–Trinajstić information content (AvgIpc) is 3.76. The molecule has 5 rings (SSSR count). The van der Waals surface area contributed by atoms with Gasteiger partial charge >= 0.3 is 5.97 Å². The minimum Gasteiger partial charge on any atom is -0.394 e. The van der Waals surface area contributed by atoms with Crippen LogP contribution in [0.5, 0.6) is 0 Å². The largest absolute Gasteiger partial charge is 0.394 e. The highest BCUT2D eigenvalue weighted by molar-refractivity contribution is 6.01. The molecule has 5 aliphatic heterocycles. The molecule has 5 saturated heterocycles. The Labute approximate surface area is 443 Å². The van der Waals surface area contributed by atoms with Crippen LogP contribution in [0.1, 0.15) is 51.9 Å². The normalized spacial score (nSPS) is 36.6. The molecule has 5 heterocycles. The van der Waals surface area contributed by atoms with E-state index in [0.717, 1.165) is 0 Å². The molecule has 0 saturated carbocycles. The number of hydroxylamine groups is 2. The molecule has 0 aromatic carbocycles. The Morgan fingerprint density at radius 1 is 0.564 bits per heavy atom. The number of hydrogen-bond acceptors (Lipinski definition) is 29. The number of carbonyl (C=O) groups excluding carboxylic acids is 7. The van der Waals surface area contributed by atoms with E-state index in [9.17, 15) is 99.9 Å². The van der Waals surface area contributed by atoms with Crippen LogP contribution in [0.2, 0.25) is 0 Å². The summed E-state index contributed by atoms with van der Waals surface area (Å²) in [6.45, 7) is -2.90. The van der Waals surface area contributed by atoms with Gasteiger partial charge in [0.15, 0.2) is 25.2 Å². The van der Waals surface area contributed by atoms with E-state index in [0.29, 0.717) is 0 Å². The zero-order chi connectivity index (χ0) is 57.5. The van der Waals surface area contributed by atoms with Crippen LogP contribution in [-0.4, -0.2) is 294 Å². The van der Waals surface area contributed by atoms with Crippen molar-refractivity contribution in [3.63, 3.8) is 0 Å². The molecule has 34 nitrogen and oxygen atoms in total. The van der Waals surface area contributed by atoms with Crippen molar-refractivity contribution in [2.24, 2.45) is 0 Å². The van der Waals surface area contributed by atoms with Gasteiger partial charge in [-0.15, -0.1) is 5.06 Å². The molecular formula is C44H71N5O29. The number of carbonyl (C=O) groups is 7. The lowest BCUT2D eigenvalue weighted by atomic mass is 9.96. The van der Waals surface area contributed by atoms with Crippen LogP contribution < -0.4 is 21.3 Å². The Morgan fingerprint density at radius 2 is 1.05 bits per heavy atom. The molecule has 5 aliphatic rings. The van der Waals surface area contributed by atoms with E-state index in [1.54, 1.807) is 0 Å². The Kier molecular flexibility index (Phi) is 25.2. The zero-order valence-electron chi connectivity index (χ0n) is 42.0. The van der Waals surface area contributed by atoms with Gasteiger partial charge in [-0.25, -0.2) is 4.79 Å². The van der Waals surface area contributed by atoms with Crippen molar-refractivity contribution in [3.05, 3.63) is 0 Å². The van der Waals surface area contributed by atoms with Gasteiger partial charge in [0.2, 0.25) is 23.6 Å². The molecule has 0 bridgehead atoms. The summed E-state index contributed by atoms with van der Waals surface area (Å²) < 4.78 is 43.9. The lowest BCUT2D eigenvalue weighted by Gasteiger charge is -2.46. The molecule has 0 aromatic rings. The first-order valence-corrected chi connectivity index (χ1v) is 25.0. The maximum absolute atomic E-state index is 13.3. The van der Waals surface area contributed by atoms with E-state index in [4.69, 9.17) is 42.7 Å². The average molecular weight is 1130 g/mol. The second-order valence-corrected chi connectivity index (χ2v) is 18.8. The molecule has 0 radical (unpaired) electrons. The summed E-state index contributed by atoms with van der Waals surface area (Å²) in [5, 5.41) is 144. The van der Waals surface area contributed by atoms with Gasteiger partial charge in [-0.2, -0.15) is 0 Å². The minimum absolute atomic E-state index is 0.0470. The monoisotopic (exact) mass is 1130 g/mol. The molecule has 78 heavy (non-hydrogen) atoms. The van der Waals surface area contributed by atoms with Gasteiger partial charge in [0.1, 0.15) is 104 Å². The number of hydrogen-bond donors (Lipinski definition) is 17. The van der Waals surface area contributed by atoms with Gasteiger partial charge in [-0.05, 0) is 19.8 Å². The van der Waals surface area contributed by atoms with E-state index in [2.05, 4.69) is 21.3 Å². The molecule has 34 heteroatoms. The van der Waals surface area contributed by atoms with Crippen LogP contribution in [0.4, 0.5) is 0 Å². The number of imide groups is 1. The van der Waals surface area contributed by atoms with Crippen molar-refractivity contribution < 1.29 is 143 Å². The maximum Gasteiger partial charge on any atom is 0.352 e. The smallest absolute Gasteiger partial charge is 0.352 e. The third kappa shape index (κ3) is 17.3. The summed E-state index contributed by atoms with van der Waals surface area (Å²) in [5.74, 6) is -5.84. The van der Waals surface area contributed by atoms with Gasteiger partial charge in [0.25, 0.3) is 11.8 Å². The molecule has 5 fully saturated rings. The van der Waals surface area contributed by atoms with Gasteiger partial charge in [0.05, 0.1) is 39.1 Å². The summed E-state index contributed by atoms with van der Waals surface area (Å²) >= 11 is 0. The Balaban J connectivity index is 1.14. The van der Waals surface area contributed by atoms with Gasteiger partial charge < -0.3 is 130 Å². The highest BCUT2D eigenvalue weighted by Gasteiger charge is 2.52. The minimum atomic E-state index is -2.00. The topological polar surface area (TPSA) is 517 Å². The highest BCUT2D eigenvalue weighted by atomic mass is 16.8. The van der Waals surface area contributed by atoms with Crippen LogP contribution in [-0.2, 0) is 76.3 Å². The van der Waals surface area contributed by atoms with Crippen LogP contribution in [0.15, 0.2) is 0 Å². The van der Waals surface area contributed by atoms with Gasteiger partial charge in [-0.3, -0.25) is 28.8 Å². The van der Waals surface area contributed by atoms with Crippen molar-refractivity contribution in [1.82, 2.24) is 26.3 Å². The third-order valence-electron chi connectivity index (χ3n) is 13.0. The second kappa shape index (κ2) is 30.5. The van der Waals surface area contributed by atoms with Crippen molar-refractivity contribution >= 4 is 41.4 Å². The van der Waals surface area contributed by atoms with E-state index in [1.165, 1.54) is 6.92 Å². The highest BCUT2D eigenvalue weighted by Crippen LogP contribution is 2.31. The maximum atomic E-state index is 13.3. The van der Waals surface area contributed by atoms with E-state index >= 15 is 0 Å². The molecule has 21 atom stereocenters. The molecule has 6 amide bonds. The van der Waals surface area contributed by atoms with Crippen LogP contribution in [0.25, 0.3) is 0 Å². The predicted octanol–water partition coefficient (Wildman–Crippen LogP) is -11.3. The summed E-state index contributed by atoms with van der Waals surface area (Å²) in [5.41, 5.74) is 0. The quantitative estimate of drug-likeness (QED) is 0.0268. The number of nitrogens with one attached hydrogen (secondary N) is 4. The van der Waals surface area contributed by atoms with Crippen LogP contribution >= 0.6 is 0 Å². The summed E-state index contributed by atoms with van der Waals surface area (Å²) in [7, 11) is 0. The van der Waals surface area contributed by atoms with Gasteiger partial charge in [-0.1, -0.05) is 0 Å². The van der Waals surface area contributed by atoms with Crippen LogP contribution in [0.3, 0.4) is 0 Å². The molecule has 446 valence electrons. The van der Waals surface area contributed by atoms with Crippen molar-refractivity contribution in [1.29, 1.82) is 0 Å². The summed E-state index contributed by atoms with van der Waals surface area (Å²) in [6.07, 6.45) is -35.3. The number of rotatable bonds is 27. The standard InChI is InChI=1S/C44H71N5O29/c1-17-28(58)32(62)35(65)41(73-17)70-11-9-45-22(52)3-2-4-24(54)48-18(40(69)47-13-27(57)78-49-25(55)7-8-26(49)56)5-6-23(53)46-10-12-71-43-38(68)39(77-44-37(67)34(64)30(60)20(15-51)75-44)31(61)21(76-43)16-72-42-36(66)33(63)29(59)19(14-50)74-42/h17-21,28-39,41-44,50-51,58-68H,2-16H2,1H3,(H,45,52)(H,46,53)(H,47,69)(H,48,54)/t17-,18-,19+,20+,21+,28+,29+,30+,31+,32+,33-,34-,35-,36-,37-,38-,39-,41+,42-,43-,44+/m0/s1. The fraction of sp³-hybridized carbons (Fsp3) is 0.841. The lowest BCUT2D eigenvalue weighted by Crippen LogP contribution is -2.65. The molecule has 0 aliphatic carbocycles. The number of ether oxygens (including phenoxy) is 8. The van der Waals surface area contributed by atoms with Crippen molar-refractivity contribution in [2.45, 2.75) is 181 Å². The Bertz CT molecular complexity index is 1980. The molecule has 0 spiro atoms. The molecule has 0 unspecified atom stereocenters. The van der Waals surface area contributed by atoms with E-state index in [-0.39, 0.29) is 56.9 Å². The Morgan fingerprint density at radius 3 is 1.63 bits per heavy atom. The second-order valence-electron chi connectivity index (χ2n) is 18.8. The summed E-state index contributed by atoms with van der Waals surface area (Å²) in [6, 6.07) is -1.51. The predicted molar refractivity (Wildman–Crippen MR) is 245 cm³/mol. The fourth-order valence-electron chi connectivity index (χ4n) is 8.42. The molecule has 0 aromatic heterocycles. The summed E-state index contributed by atoms with van der Waals surface area (Å²) in [4.78, 5) is 92.7. The number of nitrogens with zero attached hydrogens (tertiary/aromatic N) is 1. The number of aliphatic hydroxyl groups is 13. The lowest BCUT2D eigenvalue weighted by molar-refractivity contribution is -0.366. The first kappa shape index (κ1) is 64.5. The SMILES string of the molecule is C[C@@H]1O[C@@H](OCCNC(=O)CCCC(=O)N[C@@H](CCC(=O)NCCO[C@H]2O[C@H](CO[C@H]3O[C@H](CO)[C@@H](O)[C@H](O)[C@@H]3O)[C@@H](O)[C@H](O[C@H]3O[C@H](CO)[C@@H](O)[C@H](O)[C@@H]3O)[C@@H]2O)C(=O)NCC(=O)ON2C(=O)CCC2=O)[C@@H](O)[C@H](O)[C@@H]1O. The zero-order valence-corrected chi connectivity index (χ0v) is 42.0. The fourth-order valence-corrected chi connectivity index (χ4v) is 8.42.